The van der Waals surface area contributed by atoms with Gasteiger partial charge in [-0.25, -0.2) is 0 Å². The summed E-state index contributed by atoms with van der Waals surface area (Å²) in [5.41, 5.74) is 7.18. The monoisotopic (exact) mass is 383 g/mol. The van der Waals surface area contributed by atoms with E-state index in [1.165, 1.54) is 14.2 Å². The van der Waals surface area contributed by atoms with Crippen molar-refractivity contribution in [1.29, 1.82) is 0 Å². The van der Waals surface area contributed by atoms with E-state index in [1.54, 1.807) is 30.3 Å². The molecule has 0 heterocycles. The van der Waals surface area contributed by atoms with Crippen LogP contribution in [0.15, 0.2) is 36.4 Å². The second-order valence-electron chi connectivity index (χ2n) is 4.13. The Labute approximate surface area is 131 Å². The molecule has 0 fully saturated rings. The Morgan fingerprint density at radius 1 is 1.00 bits per heavy atom. The highest BCUT2D eigenvalue weighted by Crippen LogP contribution is 2.29. The maximum atomic E-state index is 12.7. The smallest absolute Gasteiger partial charge is 0.200 e. The molecule has 0 amide bonds. The Kier molecular flexibility index (Phi) is 4.49. The summed E-state index contributed by atoms with van der Waals surface area (Å²) in [6.07, 6.45) is 0. The summed E-state index contributed by atoms with van der Waals surface area (Å²) >= 11 is 2.15. The molecule has 0 unspecified atom stereocenters. The maximum absolute atomic E-state index is 12.7. The molecule has 0 bridgehead atoms. The number of benzene rings is 2. The minimum absolute atomic E-state index is 0.176. The van der Waals surface area contributed by atoms with Crippen molar-refractivity contribution in [2.24, 2.45) is 0 Å². The lowest BCUT2D eigenvalue weighted by Gasteiger charge is -2.11. The van der Waals surface area contributed by atoms with Crippen LogP contribution < -0.4 is 15.2 Å². The van der Waals surface area contributed by atoms with E-state index < -0.39 is 0 Å². The van der Waals surface area contributed by atoms with E-state index in [0.29, 0.717) is 28.3 Å². The first-order chi connectivity index (χ1) is 9.56. The fourth-order valence-electron chi connectivity index (χ4n) is 1.91. The molecule has 0 aliphatic heterocycles. The second-order valence-corrected chi connectivity index (χ2v) is 5.38. The molecule has 0 saturated carbocycles. The molecule has 0 spiro atoms. The summed E-state index contributed by atoms with van der Waals surface area (Å²) in [7, 11) is 3.06. The number of methoxy groups -OCH3 is 2. The van der Waals surface area contributed by atoms with Crippen molar-refractivity contribution in [3.63, 3.8) is 0 Å². The molecular weight excluding hydrogens is 369 g/mol. The van der Waals surface area contributed by atoms with Crippen LogP contribution in [0.1, 0.15) is 15.9 Å². The molecule has 104 valence electrons. The third-order valence-corrected chi connectivity index (χ3v) is 3.55. The molecule has 0 aliphatic carbocycles. The van der Waals surface area contributed by atoms with Gasteiger partial charge in [-0.05, 0) is 59.0 Å². The highest BCUT2D eigenvalue weighted by atomic mass is 127. The highest BCUT2D eigenvalue weighted by Gasteiger charge is 2.19. The fraction of sp³-hybridized carbons (Fsp3) is 0.133. The Morgan fingerprint density at radius 3 is 2.15 bits per heavy atom. The van der Waals surface area contributed by atoms with Crippen LogP contribution in [0.2, 0.25) is 0 Å². The fourth-order valence-corrected chi connectivity index (χ4v) is 2.40. The number of carbonyl (C=O) groups excluding carboxylic acids is 1. The summed E-state index contributed by atoms with van der Waals surface area (Å²) < 4.78 is 11.4. The van der Waals surface area contributed by atoms with E-state index in [0.717, 1.165) is 3.57 Å². The molecule has 20 heavy (non-hydrogen) atoms. The van der Waals surface area contributed by atoms with Gasteiger partial charge < -0.3 is 15.2 Å². The van der Waals surface area contributed by atoms with Gasteiger partial charge in [-0.2, -0.15) is 0 Å². The van der Waals surface area contributed by atoms with Gasteiger partial charge in [-0.1, -0.05) is 0 Å². The first-order valence-electron chi connectivity index (χ1n) is 5.88. The van der Waals surface area contributed by atoms with Crippen LogP contribution in [-0.2, 0) is 0 Å². The average Bonchev–Trinajstić information content (AvgIpc) is 2.46. The maximum Gasteiger partial charge on any atom is 0.200 e. The molecule has 0 aromatic heterocycles. The topological polar surface area (TPSA) is 61.5 Å². The normalized spacial score (nSPS) is 10.2. The summed E-state index contributed by atoms with van der Waals surface area (Å²) in [5, 5.41) is 0. The van der Waals surface area contributed by atoms with E-state index in [-0.39, 0.29) is 5.78 Å². The van der Waals surface area contributed by atoms with Crippen molar-refractivity contribution >= 4 is 34.1 Å². The van der Waals surface area contributed by atoms with Crippen LogP contribution in [0.3, 0.4) is 0 Å². The molecule has 2 aromatic carbocycles. The molecule has 0 aliphatic rings. The third kappa shape index (κ3) is 2.87. The third-order valence-electron chi connectivity index (χ3n) is 2.87. The SMILES string of the molecule is COc1ccc(N)cc1C(=O)c1cc(I)ccc1OC. The molecule has 2 N–H and O–H groups in total. The number of ether oxygens (including phenoxy) is 2. The van der Waals surface area contributed by atoms with Crippen LogP contribution in [0, 0.1) is 3.57 Å². The van der Waals surface area contributed by atoms with E-state index >= 15 is 0 Å². The quantitative estimate of drug-likeness (QED) is 0.501. The standard InChI is InChI=1S/C15H14INO3/c1-19-13-5-3-9(16)7-11(13)15(18)12-8-10(17)4-6-14(12)20-2/h3-8H,17H2,1-2H3. The van der Waals surface area contributed by atoms with Crippen molar-refractivity contribution in [3.8, 4) is 11.5 Å². The second kappa shape index (κ2) is 6.13. The molecule has 2 rings (SSSR count). The predicted octanol–water partition coefficient (Wildman–Crippen LogP) is 3.12. The highest BCUT2D eigenvalue weighted by molar-refractivity contribution is 14.1. The van der Waals surface area contributed by atoms with Crippen LogP contribution in [0.4, 0.5) is 5.69 Å². The van der Waals surface area contributed by atoms with E-state index in [1.807, 2.05) is 6.07 Å². The zero-order chi connectivity index (χ0) is 14.7. The number of rotatable bonds is 4. The number of ketones is 1. The van der Waals surface area contributed by atoms with Gasteiger partial charge in [-0.3, -0.25) is 4.79 Å². The first-order valence-corrected chi connectivity index (χ1v) is 6.96. The Morgan fingerprint density at radius 2 is 1.55 bits per heavy atom. The van der Waals surface area contributed by atoms with E-state index in [4.69, 9.17) is 15.2 Å². The van der Waals surface area contributed by atoms with E-state index in [2.05, 4.69) is 22.6 Å². The number of halogens is 1. The Balaban J connectivity index is 2.56. The summed E-state index contributed by atoms with van der Waals surface area (Å²) in [4.78, 5) is 12.7. The molecule has 5 heteroatoms. The van der Waals surface area contributed by atoms with Gasteiger partial charge >= 0.3 is 0 Å². The molecular formula is C15H14INO3. The van der Waals surface area contributed by atoms with Gasteiger partial charge in [0.15, 0.2) is 0 Å². The Hall–Kier alpha value is -1.76. The summed E-state index contributed by atoms with van der Waals surface area (Å²) in [6, 6.07) is 10.4. The van der Waals surface area contributed by atoms with Gasteiger partial charge in [0.1, 0.15) is 11.5 Å². The molecule has 0 radical (unpaired) electrons. The minimum atomic E-state index is -0.176. The lowest BCUT2D eigenvalue weighted by atomic mass is 10.0. The summed E-state index contributed by atoms with van der Waals surface area (Å²) in [5.74, 6) is 0.842. The van der Waals surface area contributed by atoms with Crippen molar-refractivity contribution in [2.45, 2.75) is 0 Å². The molecule has 2 aromatic rings. The summed E-state index contributed by atoms with van der Waals surface area (Å²) in [6.45, 7) is 0. The van der Waals surface area contributed by atoms with Crippen molar-refractivity contribution in [2.75, 3.05) is 20.0 Å². The van der Waals surface area contributed by atoms with Crippen LogP contribution in [0.5, 0.6) is 11.5 Å². The van der Waals surface area contributed by atoms with Crippen LogP contribution >= 0.6 is 22.6 Å². The first kappa shape index (κ1) is 14.6. The zero-order valence-corrected chi connectivity index (χ0v) is 13.3. The number of nitrogen functional groups attached to an aromatic ring is 1. The Bertz CT molecular complexity index is 600. The molecule has 4 nitrogen and oxygen atoms in total. The van der Waals surface area contributed by atoms with Crippen LogP contribution in [-0.4, -0.2) is 20.0 Å². The number of hydrogen-bond acceptors (Lipinski definition) is 4. The van der Waals surface area contributed by atoms with Gasteiger partial charge in [0.05, 0.1) is 25.3 Å². The van der Waals surface area contributed by atoms with Gasteiger partial charge in [-0.15, -0.1) is 0 Å². The predicted molar refractivity (Wildman–Crippen MR) is 86.5 cm³/mol. The number of hydrogen-bond donors (Lipinski definition) is 1. The zero-order valence-electron chi connectivity index (χ0n) is 11.1. The number of nitrogens with two attached hydrogens (primary N) is 1. The molecule has 0 saturated heterocycles. The minimum Gasteiger partial charge on any atom is -0.496 e. The van der Waals surface area contributed by atoms with Crippen molar-refractivity contribution in [1.82, 2.24) is 0 Å². The number of anilines is 1. The van der Waals surface area contributed by atoms with E-state index in [9.17, 15) is 4.79 Å². The lowest BCUT2D eigenvalue weighted by molar-refractivity contribution is 0.103. The average molecular weight is 383 g/mol. The van der Waals surface area contributed by atoms with Crippen LogP contribution in [0.25, 0.3) is 0 Å². The largest absolute Gasteiger partial charge is 0.496 e. The number of carbonyl (C=O) groups is 1. The van der Waals surface area contributed by atoms with Gasteiger partial charge in [0.2, 0.25) is 5.78 Å². The van der Waals surface area contributed by atoms with Crippen molar-refractivity contribution < 1.29 is 14.3 Å². The molecule has 0 atom stereocenters. The van der Waals surface area contributed by atoms with Gasteiger partial charge in [0, 0.05) is 9.26 Å². The van der Waals surface area contributed by atoms with Crippen molar-refractivity contribution in [3.05, 3.63) is 51.1 Å². The lowest BCUT2D eigenvalue weighted by Crippen LogP contribution is -2.07. The van der Waals surface area contributed by atoms with Gasteiger partial charge in [0.25, 0.3) is 0 Å².